The van der Waals surface area contributed by atoms with Crippen molar-refractivity contribution in [2.24, 2.45) is 0 Å². The third-order valence-electron chi connectivity index (χ3n) is 17.9. The lowest BCUT2D eigenvalue weighted by molar-refractivity contribution is -0.395. The number of ether oxygens (including phenoxy) is 16. The predicted molar refractivity (Wildman–Crippen MR) is 362 cm³/mol. The molecule has 19 atom stereocenters. The second-order valence-corrected chi connectivity index (χ2v) is 25.0. The molecule has 0 unspecified atom stereocenters. The molecular weight excluding hydrogens is 1260 g/mol. The van der Waals surface area contributed by atoms with Gasteiger partial charge >= 0.3 is 11.9 Å². The van der Waals surface area contributed by atoms with Crippen molar-refractivity contribution in [1.29, 1.82) is 0 Å². The summed E-state index contributed by atoms with van der Waals surface area (Å²) in [6.07, 6.45) is -21.8. The fourth-order valence-electron chi connectivity index (χ4n) is 12.8. The largest absolute Gasteiger partial charge is 0.453 e. The summed E-state index contributed by atoms with van der Waals surface area (Å²) in [4.78, 5) is 28.7. The van der Waals surface area contributed by atoms with Crippen LogP contribution in [0.4, 0.5) is 0 Å². The first-order chi connectivity index (χ1) is 48.5. The smallest absolute Gasteiger partial charge is 0.338 e. The number of aliphatic hydroxyl groups is 1. The topological polar surface area (TPSA) is 202 Å². The highest BCUT2D eigenvalue weighted by molar-refractivity contribution is 5.90. The summed E-state index contributed by atoms with van der Waals surface area (Å²) in [5.74, 6) is -1.42. The Hall–Kier alpha value is -7.90. The Morgan fingerprint density at radius 1 is 0.333 bits per heavy atom. The third kappa shape index (κ3) is 18.8. The van der Waals surface area contributed by atoms with Crippen LogP contribution in [-0.4, -0.2) is 147 Å². The van der Waals surface area contributed by atoms with Crippen molar-refractivity contribution in [2.75, 3.05) is 13.7 Å². The molecule has 0 bridgehead atoms. The minimum Gasteiger partial charge on any atom is -0.453 e. The molecule has 12 rings (SSSR count). The lowest BCUT2D eigenvalue weighted by Gasteiger charge is -2.51. The summed E-state index contributed by atoms with van der Waals surface area (Å²) in [7, 11) is 1.43. The minimum atomic E-state index is -1.56. The quantitative estimate of drug-likeness (QED) is 0.0433. The van der Waals surface area contributed by atoms with Crippen molar-refractivity contribution in [3.8, 4) is 0 Å². The fourth-order valence-corrected chi connectivity index (χ4v) is 12.8. The van der Waals surface area contributed by atoms with Crippen molar-refractivity contribution in [3.05, 3.63) is 287 Å². The van der Waals surface area contributed by atoms with Gasteiger partial charge in [-0.25, -0.2) is 9.59 Å². The van der Waals surface area contributed by atoms with E-state index in [4.69, 9.17) is 75.8 Å². The molecule has 0 radical (unpaired) electrons. The number of hydrogen-bond donors (Lipinski definition) is 1. The van der Waals surface area contributed by atoms with Crippen LogP contribution in [0.5, 0.6) is 0 Å². The number of esters is 2. The second-order valence-electron chi connectivity index (χ2n) is 25.0. The van der Waals surface area contributed by atoms with Crippen molar-refractivity contribution in [1.82, 2.24) is 0 Å². The van der Waals surface area contributed by atoms with Crippen molar-refractivity contribution < 1.29 is 90.5 Å². The number of rotatable bonds is 29. The number of methoxy groups -OCH3 is 1. The molecule has 8 aromatic carbocycles. The van der Waals surface area contributed by atoms with E-state index >= 15 is 0 Å². The minimum absolute atomic E-state index is 0.0114. The maximum Gasteiger partial charge on any atom is 0.338 e. The van der Waals surface area contributed by atoms with Gasteiger partial charge in [0.2, 0.25) is 0 Å². The Labute approximate surface area is 577 Å². The molecule has 4 saturated heterocycles. The number of aliphatic hydroxyl groups excluding tert-OH is 1. The summed E-state index contributed by atoms with van der Waals surface area (Å²) in [5.41, 5.74) is 5.72. The fraction of sp³-hybridized carbons (Fsp3) is 0.375. The number of carbonyl (C=O) groups is 2. The van der Waals surface area contributed by atoms with Gasteiger partial charge in [-0.05, 0) is 78.4 Å². The van der Waals surface area contributed by atoms with E-state index in [2.05, 4.69) is 0 Å². The molecule has 4 aliphatic heterocycles. The van der Waals surface area contributed by atoms with E-state index < -0.39 is 129 Å². The SMILES string of the molecule is CO[C@@H]1[C@@H](OC(=O)c2ccccc2)[C@H](O[C@H]2[C@H](O[C@@H]3[C@@H](OCc4ccccc4)[C@H](OCc4ccccc4)O[C@H](C)[C@H]3OCc3ccccc3)OC[C@@H](O[C@@H]3O[C@H](C)[C@@H](OCc4ccccc4)[C@H](OCc4ccccc4)[C@H]3O)[C@@H]2OCc2ccccc2)O[C@H](C)[C@H]1OC(=O)c1ccccc1. The molecule has 19 heteroatoms. The van der Waals surface area contributed by atoms with Gasteiger partial charge < -0.3 is 80.9 Å². The monoisotopic (exact) mass is 1350 g/mol. The molecule has 4 aliphatic rings. The van der Waals surface area contributed by atoms with E-state index in [9.17, 15) is 14.7 Å². The lowest BCUT2D eigenvalue weighted by Crippen LogP contribution is -2.67. The first-order valence-corrected chi connectivity index (χ1v) is 33.7. The van der Waals surface area contributed by atoms with Crippen molar-refractivity contribution in [2.45, 2.75) is 177 Å². The number of benzene rings is 8. The average Bonchev–Trinajstić information content (AvgIpc) is 0.798. The number of carbonyl (C=O) groups excluding carboxylic acids is 2. The zero-order valence-electron chi connectivity index (χ0n) is 55.8. The highest BCUT2D eigenvalue weighted by Crippen LogP contribution is 2.39. The second kappa shape index (κ2) is 35.4. The molecule has 19 nitrogen and oxygen atoms in total. The van der Waals surface area contributed by atoms with E-state index in [1.54, 1.807) is 67.6 Å². The van der Waals surface area contributed by atoms with Crippen LogP contribution in [0.15, 0.2) is 243 Å². The maximum atomic E-state index is 14.6. The Morgan fingerprint density at radius 3 is 1.10 bits per heavy atom. The van der Waals surface area contributed by atoms with Gasteiger partial charge in [-0.2, -0.15) is 0 Å². The van der Waals surface area contributed by atoms with Crippen molar-refractivity contribution in [3.63, 3.8) is 0 Å². The third-order valence-corrected chi connectivity index (χ3v) is 17.9. The van der Waals surface area contributed by atoms with Gasteiger partial charge in [0.05, 0.1) is 75.7 Å². The molecule has 0 saturated carbocycles. The lowest BCUT2D eigenvalue weighted by atomic mass is 9.96. The average molecular weight is 1350 g/mol. The highest BCUT2D eigenvalue weighted by atomic mass is 16.8. The molecule has 0 aromatic heterocycles. The molecule has 99 heavy (non-hydrogen) atoms. The summed E-state index contributed by atoms with van der Waals surface area (Å²) in [5, 5.41) is 12.8. The predicted octanol–water partition coefficient (Wildman–Crippen LogP) is 11.7. The standard InChI is InChI=1S/C80H86O19/c1-52-65(85-45-55-29-13-5-14-30-55)69(88-48-58-35-19-8-20-36-58)64(81)77(92-52)95-63-51-91-79(98-71-66(86-46-56-31-15-6-16-32-56)53(2)93-78(90-50-60-39-23-10-24-40-60)72(71)89-49-59-37-21-9-22-38-59)73(68(63)87-47-57-33-17-7-18-34-57)99-80-74(97-76(83)62-43-27-12-28-44-62)70(84-4)67(54(3)94-80)96-75(82)61-41-25-11-26-42-61/h5-44,52-54,63-74,77-81H,45-51H2,1-4H3/t52-,53-,54-,63-,64-,65-,66-,67-,68+,69-,70+,71+,72-,73-,74-,77+,78-,79+,80+/m1/s1. The molecule has 520 valence electrons. The zero-order chi connectivity index (χ0) is 68.3. The normalized spacial score (nSPS) is 29.3. The van der Waals surface area contributed by atoms with Gasteiger partial charge in [-0.1, -0.05) is 218 Å². The Kier molecular flexibility index (Phi) is 25.4. The number of hydrogen-bond acceptors (Lipinski definition) is 19. The van der Waals surface area contributed by atoms with Gasteiger partial charge in [0.15, 0.2) is 37.4 Å². The van der Waals surface area contributed by atoms with Crippen LogP contribution in [0.1, 0.15) is 74.9 Å². The van der Waals surface area contributed by atoms with Crippen LogP contribution in [-0.2, 0) is 115 Å². The molecule has 8 aromatic rings. The van der Waals surface area contributed by atoms with Gasteiger partial charge in [-0.15, -0.1) is 0 Å². The van der Waals surface area contributed by atoms with Gasteiger partial charge in [0.1, 0.15) is 61.0 Å². The summed E-state index contributed by atoms with van der Waals surface area (Å²) in [6.45, 7) is 5.94. The van der Waals surface area contributed by atoms with Crippen LogP contribution in [0.3, 0.4) is 0 Å². The molecule has 0 spiro atoms. The molecular formula is C80H86O19. The van der Waals surface area contributed by atoms with Crippen LogP contribution in [0, 0.1) is 0 Å². The zero-order valence-corrected chi connectivity index (χ0v) is 55.8. The molecule has 0 amide bonds. The molecule has 4 heterocycles. The van der Waals surface area contributed by atoms with Gasteiger partial charge in [0.25, 0.3) is 0 Å². The van der Waals surface area contributed by atoms with Crippen LogP contribution < -0.4 is 0 Å². The van der Waals surface area contributed by atoms with Crippen molar-refractivity contribution >= 4 is 11.9 Å². The van der Waals surface area contributed by atoms with Crippen LogP contribution in [0.2, 0.25) is 0 Å². The molecule has 0 aliphatic carbocycles. The van der Waals surface area contributed by atoms with Crippen LogP contribution in [0.25, 0.3) is 0 Å². The Morgan fingerprint density at radius 2 is 0.667 bits per heavy atom. The Bertz CT molecular complexity index is 3670. The van der Waals surface area contributed by atoms with E-state index in [0.717, 1.165) is 33.4 Å². The van der Waals surface area contributed by atoms with E-state index in [1.165, 1.54) is 7.11 Å². The Balaban J connectivity index is 0.948. The summed E-state index contributed by atoms with van der Waals surface area (Å²) < 4.78 is 110. The summed E-state index contributed by atoms with van der Waals surface area (Å²) >= 11 is 0. The van der Waals surface area contributed by atoms with E-state index in [1.807, 2.05) is 196 Å². The molecule has 4 fully saturated rings. The molecule has 1 N–H and O–H groups in total. The maximum absolute atomic E-state index is 14.6. The first kappa shape index (κ1) is 70.9. The van der Waals surface area contributed by atoms with Gasteiger partial charge in [-0.3, -0.25) is 0 Å². The summed E-state index contributed by atoms with van der Waals surface area (Å²) in [6, 6.07) is 75.1. The first-order valence-electron chi connectivity index (χ1n) is 33.7. The van der Waals surface area contributed by atoms with E-state index in [0.29, 0.717) is 0 Å². The van der Waals surface area contributed by atoms with Crippen LogP contribution >= 0.6 is 0 Å². The highest BCUT2D eigenvalue weighted by Gasteiger charge is 2.57. The van der Waals surface area contributed by atoms with E-state index in [-0.39, 0.29) is 57.4 Å². The van der Waals surface area contributed by atoms with Gasteiger partial charge in [0, 0.05) is 7.11 Å².